The largest absolute Gasteiger partial charge is 0.332 e. The van der Waals surface area contributed by atoms with Crippen molar-refractivity contribution in [3.8, 4) is 0 Å². The van der Waals surface area contributed by atoms with Crippen LogP contribution < -0.4 is 0 Å². The summed E-state index contributed by atoms with van der Waals surface area (Å²) in [4.78, 5) is 18.7. The second-order valence-corrected chi connectivity index (χ2v) is 7.73. The Bertz CT molecular complexity index is 825. The van der Waals surface area contributed by atoms with Crippen LogP contribution in [0.2, 0.25) is 0 Å². The van der Waals surface area contributed by atoms with Gasteiger partial charge < -0.3 is 9.47 Å². The molecule has 0 fully saturated rings. The molecule has 0 bridgehead atoms. The average Bonchev–Trinajstić information content (AvgIpc) is 3.01. The minimum absolute atomic E-state index is 0.118. The fourth-order valence-corrected chi connectivity index (χ4v) is 3.41. The van der Waals surface area contributed by atoms with Gasteiger partial charge in [-0.3, -0.25) is 4.79 Å². The number of amides is 1. The van der Waals surface area contributed by atoms with Crippen molar-refractivity contribution < 1.29 is 13.2 Å². The summed E-state index contributed by atoms with van der Waals surface area (Å²) in [5, 5.41) is 0. The highest BCUT2D eigenvalue weighted by Gasteiger charge is 2.23. The van der Waals surface area contributed by atoms with Gasteiger partial charge in [0, 0.05) is 45.1 Å². The molecule has 0 radical (unpaired) electrons. The summed E-state index contributed by atoms with van der Waals surface area (Å²) in [5.74, 6) is 0.740. The molecule has 122 valence electrons. The summed E-state index contributed by atoms with van der Waals surface area (Å²) in [5.41, 5.74) is 0.475. The Kier molecular flexibility index (Phi) is 3.95. The highest BCUT2D eigenvalue weighted by molar-refractivity contribution is 7.89. The normalized spacial score (nSPS) is 14.8. The number of rotatable bonds is 3. The average molecular weight is 334 g/mol. The number of carbonyl (C=O) groups excluding carboxylic acids is 1. The van der Waals surface area contributed by atoms with Gasteiger partial charge in [0.25, 0.3) is 5.91 Å². The molecule has 1 amide bonds. The zero-order chi connectivity index (χ0) is 16.6. The van der Waals surface area contributed by atoms with E-state index in [0.717, 1.165) is 10.1 Å². The Morgan fingerprint density at radius 1 is 1.17 bits per heavy atom. The number of sulfonamides is 1. The molecule has 2 heterocycles. The number of imidazole rings is 1. The minimum atomic E-state index is -3.48. The fourth-order valence-electron chi connectivity index (χ4n) is 2.51. The first-order chi connectivity index (χ1) is 10.9. The van der Waals surface area contributed by atoms with E-state index in [1.54, 1.807) is 23.2 Å². The smallest absolute Gasteiger partial charge is 0.254 e. The van der Waals surface area contributed by atoms with Gasteiger partial charge in [0.05, 0.1) is 11.4 Å². The van der Waals surface area contributed by atoms with E-state index in [0.29, 0.717) is 25.2 Å². The molecule has 1 aromatic carbocycles. The van der Waals surface area contributed by atoms with Gasteiger partial charge in [0.2, 0.25) is 10.0 Å². The van der Waals surface area contributed by atoms with Crippen molar-refractivity contribution >= 4 is 15.9 Å². The van der Waals surface area contributed by atoms with Crippen LogP contribution in [0.3, 0.4) is 0 Å². The second-order valence-electron chi connectivity index (χ2n) is 5.58. The van der Waals surface area contributed by atoms with Gasteiger partial charge in [0.1, 0.15) is 5.82 Å². The molecule has 0 N–H and O–H groups in total. The molecule has 1 aromatic heterocycles. The number of hydrogen-bond acceptors (Lipinski definition) is 4. The lowest BCUT2D eigenvalue weighted by molar-refractivity contribution is 0.0707. The Morgan fingerprint density at radius 3 is 2.52 bits per heavy atom. The molecule has 7 nitrogen and oxygen atoms in total. The van der Waals surface area contributed by atoms with Crippen molar-refractivity contribution in [3.05, 3.63) is 48.0 Å². The van der Waals surface area contributed by atoms with Gasteiger partial charge in [0.15, 0.2) is 0 Å². The Hall–Kier alpha value is -2.19. The fraction of sp³-hybridized carbons (Fsp3) is 0.333. The van der Waals surface area contributed by atoms with Crippen LogP contribution in [0.1, 0.15) is 16.2 Å². The summed E-state index contributed by atoms with van der Waals surface area (Å²) in [7, 11) is -0.529. The molecule has 0 atom stereocenters. The number of nitrogens with zero attached hydrogens (tertiary/aromatic N) is 4. The number of fused-ring (bicyclic) bond motifs is 1. The molecule has 8 heteroatoms. The van der Waals surface area contributed by atoms with E-state index in [1.807, 2.05) is 10.8 Å². The van der Waals surface area contributed by atoms with E-state index in [1.165, 1.54) is 26.2 Å². The molecule has 0 saturated carbocycles. The molecule has 0 unspecified atom stereocenters. The lowest BCUT2D eigenvalue weighted by Crippen LogP contribution is -2.38. The van der Waals surface area contributed by atoms with E-state index in [4.69, 9.17) is 0 Å². The van der Waals surface area contributed by atoms with Crippen molar-refractivity contribution in [1.82, 2.24) is 18.8 Å². The monoisotopic (exact) mass is 334 g/mol. The first-order valence-electron chi connectivity index (χ1n) is 7.21. The SMILES string of the molecule is CN(C)S(=O)(=O)c1ccc(C(=O)N2CCn3ccnc3C2)cc1. The molecule has 23 heavy (non-hydrogen) atoms. The van der Waals surface area contributed by atoms with E-state index in [9.17, 15) is 13.2 Å². The van der Waals surface area contributed by atoms with Crippen LogP contribution >= 0.6 is 0 Å². The number of aromatic nitrogens is 2. The van der Waals surface area contributed by atoms with Crippen LogP contribution in [-0.2, 0) is 23.1 Å². The van der Waals surface area contributed by atoms with Gasteiger partial charge in [-0.25, -0.2) is 17.7 Å². The number of hydrogen-bond donors (Lipinski definition) is 0. The maximum absolute atomic E-state index is 12.6. The van der Waals surface area contributed by atoms with Crippen molar-refractivity contribution in [3.63, 3.8) is 0 Å². The molecule has 0 saturated heterocycles. The molecule has 2 aromatic rings. The van der Waals surface area contributed by atoms with E-state index in [-0.39, 0.29) is 10.8 Å². The molecular formula is C15H18N4O3S. The van der Waals surface area contributed by atoms with E-state index < -0.39 is 10.0 Å². The zero-order valence-corrected chi connectivity index (χ0v) is 13.8. The van der Waals surface area contributed by atoms with Crippen molar-refractivity contribution in [2.24, 2.45) is 0 Å². The highest BCUT2D eigenvalue weighted by Crippen LogP contribution is 2.17. The summed E-state index contributed by atoms with van der Waals surface area (Å²) in [6, 6.07) is 6.04. The third kappa shape index (κ3) is 2.87. The first kappa shape index (κ1) is 15.7. The lowest BCUT2D eigenvalue weighted by atomic mass is 10.2. The summed E-state index contributed by atoms with van der Waals surface area (Å²) in [6.07, 6.45) is 3.63. The van der Waals surface area contributed by atoms with Gasteiger partial charge >= 0.3 is 0 Å². The molecular weight excluding hydrogens is 316 g/mol. The van der Waals surface area contributed by atoms with Crippen molar-refractivity contribution in [2.75, 3.05) is 20.6 Å². The highest BCUT2D eigenvalue weighted by atomic mass is 32.2. The minimum Gasteiger partial charge on any atom is -0.332 e. The van der Waals surface area contributed by atoms with Crippen LogP contribution in [0.5, 0.6) is 0 Å². The quantitative estimate of drug-likeness (QED) is 0.832. The first-order valence-corrected chi connectivity index (χ1v) is 8.65. The number of carbonyl (C=O) groups is 1. The van der Waals surface area contributed by atoms with Crippen LogP contribution in [0.15, 0.2) is 41.6 Å². The predicted molar refractivity (Wildman–Crippen MR) is 84.3 cm³/mol. The zero-order valence-electron chi connectivity index (χ0n) is 13.0. The lowest BCUT2D eigenvalue weighted by Gasteiger charge is -2.27. The van der Waals surface area contributed by atoms with Crippen LogP contribution in [-0.4, -0.2) is 53.7 Å². The number of benzene rings is 1. The Morgan fingerprint density at radius 2 is 1.87 bits per heavy atom. The van der Waals surface area contributed by atoms with Crippen molar-refractivity contribution in [2.45, 2.75) is 18.0 Å². The maximum atomic E-state index is 12.6. The predicted octanol–water partition coefficient (Wildman–Crippen LogP) is 0.789. The van der Waals surface area contributed by atoms with Gasteiger partial charge in [-0.2, -0.15) is 0 Å². The summed E-state index contributed by atoms with van der Waals surface area (Å²) < 4.78 is 27.3. The van der Waals surface area contributed by atoms with E-state index >= 15 is 0 Å². The van der Waals surface area contributed by atoms with Crippen LogP contribution in [0, 0.1) is 0 Å². The molecule has 1 aliphatic rings. The topological polar surface area (TPSA) is 75.5 Å². The third-order valence-electron chi connectivity index (χ3n) is 3.91. The van der Waals surface area contributed by atoms with Crippen LogP contribution in [0.4, 0.5) is 0 Å². The second kappa shape index (κ2) is 5.78. The molecule has 1 aliphatic heterocycles. The molecule has 0 aliphatic carbocycles. The van der Waals surface area contributed by atoms with Gasteiger partial charge in [-0.15, -0.1) is 0 Å². The molecule has 3 rings (SSSR count). The van der Waals surface area contributed by atoms with Crippen molar-refractivity contribution in [1.29, 1.82) is 0 Å². The van der Waals surface area contributed by atoms with E-state index in [2.05, 4.69) is 4.98 Å². The Balaban J connectivity index is 1.79. The Labute approximate surface area is 135 Å². The van der Waals surface area contributed by atoms with Gasteiger partial charge in [-0.1, -0.05) is 0 Å². The maximum Gasteiger partial charge on any atom is 0.254 e. The van der Waals surface area contributed by atoms with Crippen LogP contribution in [0.25, 0.3) is 0 Å². The molecule has 0 spiro atoms. The summed E-state index contributed by atoms with van der Waals surface area (Å²) in [6.45, 7) is 1.79. The van der Waals surface area contributed by atoms with Gasteiger partial charge in [-0.05, 0) is 24.3 Å². The summed E-state index contributed by atoms with van der Waals surface area (Å²) >= 11 is 0. The standard InChI is InChI=1S/C15H18N4O3S/c1-17(2)23(21,22)13-5-3-12(4-6-13)15(20)19-10-9-18-8-7-16-14(18)11-19/h3-8H,9-11H2,1-2H3. The third-order valence-corrected chi connectivity index (χ3v) is 5.74.